The standard InChI is InChI=1S/C18H14ClN3O2/c1-10-18-15(9-21-24-18)14-8-20-16(23-2)7-13(14)17(22-10)11-3-5-12(19)6-4-11/h3-10H,1-2H3. The van der Waals surface area contributed by atoms with Gasteiger partial charge in [0.25, 0.3) is 0 Å². The number of methoxy groups -OCH3 is 1. The summed E-state index contributed by atoms with van der Waals surface area (Å²) in [5.74, 6) is 1.26. The SMILES string of the molecule is COc1cc2c(cn1)-c1cnoc1C(C)N=C2c1ccc(Cl)cc1. The van der Waals surface area contributed by atoms with Crippen molar-refractivity contribution in [1.29, 1.82) is 0 Å². The summed E-state index contributed by atoms with van der Waals surface area (Å²) in [4.78, 5) is 9.19. The lowest BCUT2D eigenvalue weighted by Gasteiger charge is -2.11. The number of benzene rings is 1. The van der Waals surface area contributed by atoms with E-state index in [-0.39, 0.29) is 6.04 Å². The van der Waals surface area contributed by atoms with Crippen LogP contribution in [0.5, 0.6) is 5.88 Å². The van der Waals surface area contributed by atoms with Crippen molar-refractivity contribution in [3.8, 4) is 17.0 Å². The summed E-state index contributed by atoms with van der Waals surface area (Å²) in [6.07, 6.45) is 3.48. The van der Waals surface area contributed by atoms with Crippen LogP contribution in [0.2, 0.25) is 5.02 Å². The zero-order valence-corrected chi connectivity index (χ0v) is 13.9. The van der Waals surface area contributed by atoms with Crippen molar-refractivity contribution in [3.63, 3.8) is 0 Å². The topological polar surface area (TPSA) is 60.5 Å². The maximum Gasteiger partial charge on any atom is 0.213 e. The Morgan fingerprint density at radius 2 is 1.88 bits per heavy atom. The van der Waals surface area contributed by atoms with Gasteiger partial charge < -0.3 is 9.26 Å². The fraction of sp³-hybridized carbons (Fsp3) is 0.167. The quantitative estimate of drug-likeness (QED) is 0.698. The van der Waals surface area contributed by atoms with E-state index in [9.17, 15) is 0 Å². The van der Waals surface area contributed by atoms with Crippen LogP contribution in [0.25, 0.3) is 11.1 Å². The Labute approximate surface area is 143 Å². The summed E-state index contributed by atoms with van der Waals surface area (Å²) in [6.45, 7) is 1.98. The Morgan fingerprint density at radius 1 is 1.08 bits per heavy atom. The fourth-order valence-corrected chi connectivity index (χ4v) is 3.00. The van der Waals surface area contributed by atoms with Gasteiger partial charge in [-0.15, -0.1) is 0 Å². The second-order valence-electron chi connectivity index (χ2n) is 5.54. The normalized spacial score (nSPS) is 16.0. The molecule has 120 valence electrons. The molecule has 24 heavy (non-hydrogen) atoms. The molecule has 5 nitrogen and oxygen atoms in total. The molecule has 1 unspecified atom stereocenters. The second kappa shape index (κ2) is 5.76. The number of aromatic nitrogens is 2. The van der Waals surface area contributed by atoms with E-state index >= 15 is 0 Å². The lowest BCUT2D eigenvalue weighted by molar-refractivity contribution is 0.369. The van der Waals surface area contributed by atoms with E-state index in [0.717, 1.165) is 33.7 Å². The van der Waals surface area contributed by atoms with Gasteiger partial charge in [0.05, 0.1) is 19.0 Å². The van der Waals surface area contributed by atoms with Crippen LogP contribution in [0.15, 0.2) is 52.2 Å². The molecule has 1 aromatic carbocycles. The van der Waals surface area contributed by atoms with Gasteiger partial charge in [-0.3, -0.25) is 4.99 Å². The van der Waals surface area contributed by atoms with E-state index in [0.29, 0.717) is 10.9 Å². The van der Waals surface area contributed by atoms with Crippen molar-refractivity contribution in [3.05, 3.63) is 64.6 Å². The van der Waals surface area contributed by atoms with Crippen LogP contribution in [0.1, 0.15) is 29.9 Å². The highest BCUT2D eigenvalue weighted by molar-refractivity contribution is 6.30. The third kappa shape index (κ3) is 2.37. The average Bonchev–Trinajstić information content (AvgIpc) is 3.06. The summed E-state index contributed by atoms with van der Waals surface area (Å²) in [5, 5.41) is 4.61. The van der Waals surface area contributed by atoms with Crippen molar-refractivity contribution < 1.29 is 9.26 Å². The van der Waals surface area contributed by atoms with Crippen molar-refractivity contribution in [2.45, 2.75) is 13.0 Å². The Bertz CT molecular complexity index is 932. The van der Waals surface area contributed by atoms with E-state index in [4.69, 9.17) is 25.9 Å². The number of ether oxygens (including phenoxy) is 1. The van der Waals surface area contributed by atoms with Crippen LogP contribution in [0.4, 0.5) is 0 Å². The van der Waals surface area contributed by atoms with Crippen LogP contribution < -0.4 is 4.74 Å². The van der Waals surface area contributed by atoms with E-state index in [1.54, 1.807) is 19.5 Å². The summed E-state index contributed by atoms with van der Waals surface area (Å²) >= 11 is 6.02. The zero-order chi connectivity index (χ0) is 16.7. The third-order valence-corrected chi connectivity index (χ3v) is 4.30. The van der Waals surface area contributed by atoms with Crippen LogP contribution in [0.3, 0.4) is 0 Å². The number of nitrogens with zero attached hydrogens (tertiary/aromatic N) is 3. The van der Waals surface area contributed by atoms with Crippen LogP contribution in [-0.4, -0.2) is 23.0 Å². The Kier molecular flexibility index (Phi) is 3.58. The molecule has 0 spiro atoms. The molecular weight excluding hydrogens is 326 g/mol. The first-order valence-corrected chi connectivity index (χ1v) is 7.88. The van der Waals surface area contributed by atoms with E-state index < -0.39 is 0 Å². The molecule has 0 radical (unpaired) electrons. The van der Waals surface area contributed by atoms with Crippen LogP contribution in [0, 0.1) is 0 Å². The highest BCUT2D eigenvalue weighted by Gasteiger charge is 2.26. The predicted octanol–water partition coefficient (Wildman–Crippen LogP) is 4.31. The number of hydrogen-bond acceptors (Lipinski definition) is 5. The maximum atomic E-state index is 6.02. The Morgan fingerprint density at radius 3 is 2.62 bits per heavy atom. The third-order valence-electron chi connectivity index (χ3n) is 4.05. The molecule has 1 atom stereocenters. The summed E-state index contributed by atoms with van der Waals surface area (Å²) in [5.41, 5.74) is 4.57. The number of halogens is 1. The van der Waals surface area contributed by atoms with Crippen LogP contribution in [-0.2, 0) is 0 Å². The van der Waals surface area contributed by atoms with E-state index in [1.807, 2.05) is 37.3 Å². The number of pyridine rings is 1. The average molecular weight is 340 g/mol. The predicted molar refractivity (Wildman–Crippen MR) is 91.8 cm³/mol. The van der Waals surface area contributed by atoms with Gasteiger partial charge in [0.15, 0.2) is 5.76 Å². The molecule has 1 aliphatic heterocycles. The highest BCUT2D eigenvalue weighted by Crippen LogP contribution is 2.38. The number of aliphatic imine (C=N–C) groups is 1. The maximum absolute atomic E-state index is 6.02. The number of fused-ring (bicyclic) bond motifs is 3. The summed E-state index contributed by atoms with van der Waals surface area (Å²) < 4.78 is 10.7. The number of hydrogen-bond donors (Lipinski definition) is 0. The smallest absolute Gasteiger partial charge is 0.213 e. The molecule has 3 heterocycles. The molecule has 0 N–H and O–H groups in total. The second-order valence-corrected chi connectivity index (χ2v) is 5.97. The van der Waals surface area contributed by atoms with Gasteiger partial charge in [-0.05, 0) is 19.1 Å². The molecule has 0 aliphatic carbocycles. The van der Waals surface area contributed by atoms with Crippen molar-refractivity contribution >= 4 is 17.3 Å². The lowest BCUT2D eigenvalue weighted by atomic mass is 9.96. The minimum atomic E-state index is -0.161. The van der Waals surface area contributed by atoms with Gasteiger partial charge in [0, 0.05) is 39.5 Å². The van der Waals surface area contributed by atoms with Crippen LogP contribution >= 0.6 is 11.6 Å². The minimum Gasteiger partial charge on any atom is -0.481 e. The molecule has 6 heteroatoms. The van der Waals surface area contributed by atoms with Crippen molar-refractivity contribution in [1.82, 2.24) is 10.1 Å². The molecule has 1 aliphatic rings. The first-order chi connectivity index (χ1) is 11.7. The molecule has 0 amide bonds. The lowest BCUT2D eigenvalue weighted by Crippen LogP contribution is -2.06. The van der Waals surface area contributed by atoms with E-state index in [2.05, 4.69) is 10.1 Å². The van der Waals surface area contributed by atoms with Gasteiger partial charge >= 0.3 is 0 Å². The highest BCUT2D eigenvalue weighted by atomic mass is 35.5. The van der Waals surface area contributed by atoms with E-state index in [1.165, 1.54) is 0 Å². The minimum absolute atomic E-state index is 0.161. The molecule has 0 saturated heterocycles. The van der Waals surface area contributed by atoms with Gasteiger partial charge in [0.1, 0.15) is 6.04 Å². The van der Waals surface area contributed by atoms with Crippen molar-refractivity contribution in [2.24, 2.45) is 4.99 Å². The summed E-state index contributed by atoms with van der Waals surface area (Å²) in [6, 6.07) is 9.34. The van der Waals surface area contributed by atoms with Gasteiger partial charge in [0.2, 0.25) is 5.88 Å². The monoisotopic (exact) mass is 339 g/mol. The van der Waals surface area contributed by atoms with Gasteiger partial charge in [-0.1, -0.05) is 28.9 Å². The fourth-order valence-electron chi connectivity index (χ4n) is 2.87. The van der Waals surface area contributed by atoms with Gasteiger partial charge in [-0.2, -0.15) is 0 Å². The molecule has 4 rings (SSSR count). The molecule has 0 fully saturated rings. The largest absolute Gasteiger partial charge is 0.481 e. The summed E-state index contributed by atoms with van der Waals surface area (Å²) in [7, 11) is 1.60. The molecular formula is C18H14ClN3O2. The number of rotatable bonds is 2. The Balaban J connectivity index is 1.99. The first-order valence-electron chi connectivity index (χ1n) is 7.50. The van der Waals surface area contributed by atoms with Crippen molar-refractivity contribution in [2.75, 3.05) is 7.11 Å². The van der Waals surface area contributed by atoms with Gasteiger partial charge in [-0.25, -0.2) is 4.98 Å². The first kappa shape index (κ1) is 14.9. The Hall–Kier alpha value is -2.66. The molecule has 0 saturated carbocycles. The zero-order valence-electron chi connectivity index (χ0n) is 13.2. The molecule has 0 bridgehead atoms. The molecule has 3 aromatic rings. The molecule has 2 aromatic heterocycles.